The summed E-state index contributed by atoms with van der Waals surface area (Å²) in [4.78, 5) is 33.9. The van der Waals surface area contributed by atoms with Gasteiger partial charge in [0.2, 0.25) is 11.8 Å². The molecule has 0 bridgehead atoms. The summed E-state index contributed by atoms with van der Waals surface area (Å²) < 4.78 is 0. The van der Waals surface area contributed by atoms with Crippen molar-refractivity contribution in [3.05, 3.63) is 29.8 Å². The van der Waals surface area contributed by atoms with Crippen LogP contribution in [0.15, 0.2) is 24.3 Å². The Morgan fingerprint density at radius 3 is 2.19 bits per heavy atom. The van der Waals surface area contributed by atoms with Gasteiger partial charge in [-0.25, -0.2) is 0 Å². The van der Waals surface area contributed by atoms with Crippen molar-refractivity contribution in [2.24, 2.45) is 0 Å². The first-order valence-corrected chi connectivity index (χ1v) is 12.3. The van der Waals surface area contributed by atoms with Gasteiger partial charge in [0.1, 0.15) is 0 Å². The number of carbonyl (C=O) groups is 2. The van der Waals surface area contributed by atoms with E-state index in [1.807, 2.05) is 28.0 Å². The van der Waals surface area contributed by atoms with Crippen molar-refractivity contribution >= 4 is 17.5 Å². The average molecular weight is 445 g/mol. The number of carbonyl (C=O) groups excluding carboxylic acids is 2. The summed E-state index contributed by atoms with van der Waals surface area (Å²) in [5.74, 6) is 0.259. The molecule has 178 valence electrons. The van der Waals surface area contributed by atoms with Crippen LogP contribution in [0.4, 0.5) is 5.69 Å². The average Bonchev–Trinajstić information content (AvgIpc) is 2.80. The lowest BCUT2D eigenvalue weighted by molar-refractivity contribution is -0.134. The van der Waals surface area contributed by atoms with Gasteiger partial charge in [0, 0.05) is 58.4 Å². The first-order chi connectivity index (χ1) is 15.6. The molecule has 2 amide bonds. The first-order valence-electron chi connectivity index (χ1n) is 12.3. The van der Waals surface area contributed by atoms with Crippen LogP contribution in [0.3, 0.4) is 0 Å². The summed E-state index contributed by atoms with van der Waals surface area (Å²) in [6.07, 6.45) is 6.86. The van der Waals surface area contributed by atoms with Gasteiger partial charge in [0.15, 0.2) is 0 Å². The highest BCUT2D eigenvalue weighted by molar-refractivity contribution is 5.92. The first kappa shape index (κ1) is 24.7. The second-order valence-corrected chi connectivity index (χ2v) is 9.08. The molecule has 2 heterocycles. The normalized spacial score (nSPS) is 20.1. The molecule has 0 radical (unpaired) electrons. The van der Waals surface area contributed by atoms with Crippen molar-refractivity contribution < 1.29 is 14.7 Å². The fraction of sp³-hybridized carbons (Fsp3) is 0.680. The van der Waals surface area contributed by atoms with E-state index in [0.29, 0.717) is 19.6 Å². The van der Waals surface area contributed by atoms with Crippen LogP contribution in [-0.4, -0.2) is 90.6 Å². The minimum absolute atomic E-state index is 0.0794. The zero-order valence-electron chi connectivity index (χ0n) is 19.7. The van der Waals surface area contributed by atoms with Crippen molar-refractivity contribution in [3.8, 4) is 0 Å². The fourth-order valence-corrected chi connectivity index (χ4v) is 4.78. The molecule has 1 fully saturated rings. The van der Waals surface area contributed by atoms with Gasteiger partial charge in [0.25, 0.3) is 0 Å². The summed E-state index contributed by atoms with van der Waals surface area (Å²) in [5.41, 5.74) is 2.09. The van der Waals surface area contributed by atoms with E-state index < -0.39 is 0 Å². The SMILES string of the molecule is CC(=O)N1CCCCCCCCN(CC(=O)N2CCN(CCO)CC2)Cc2ccccc21. The number of benzene rings is 1. The summed E-state index contributed by atoms with van der Waals surface area (Å²) >= 11 is 0. The topological polar surface area (TPSA) is 67.3 Å². The number of fused-ring (bicyclic) bond motifs is 1. The molecule has 0 aromatic heterocycles. The summed E-state index contributed by atoms with van der Waals surface area (Å²) in [5, 5.41) is 9.14. The summed E-state index contributed by atoms with van der Waals surface area (Å²) in [6.45, 7) is 8.31. The van der Waals surface area contributed by atoms with Gasteiger partial charge in [-0.1, -0.05) is 43.9 Å². The highest BCUT2D eigenvalue weighted by Crippen LogP contribution is 2.24. The zero-order valence-corrected chi connectivity index (χ0v) is 19.7. The number of aliphatic hydroxyl groups is 1. The summed E-state index contributed by atoms with van der Waals surface area (Å²) in [6, 6.07) is 8.15. The Labute approximate surface area is 193 Å². The maximum absolute atomic E-state index is 13.1. The molecule has 0 saturated carbocycles. The molecule has 1 N–H and O–H groups in total. The van der Waals surface area contributed by atoms with Crippen LogP contribution in [0.2, 0.25) is 0 Å². The van der Waals surface area contributed by atoms with E-state index in [0.717, 1.165) is 69.8 Å². The molecule has 7 nitrogen and oxygen atoms in total. The maximum Gasteiger partial charge on any atom is 0.236 e. The Hall–Kier alpha value is -1.96. The number of piperazine rings is 1. The molecule has 0 spiro atoms. The van der Waals surface area contributed by atoms with Crippen molar-refractivity contribution in [1.29, 1.82) is 0 Å². The Bertz CT molecular complexity index is 734. The lowest BCUT2D eigenvalue weighted by atomic mass is 10.1. The monoisotopic (exact) mass is 444 g/mol. The van der Waals surface area contributed by atoms with Crippen LogP contribution in [0, 0.1) is 0 Å². The molecular weight excluding hydrogens is 404 g/mol. The number of para-hydroxylation sites is 1. The lowest BCUT2D eigenvalue weighted by Gasteiger charge is -2.35. The van der Waals surface area contributed by atoms with E-state index in [1.165, 1.54) is 19.3 Å². The Morgan fingerprint density at radius 1 is 0.844 bits per heavy atom. The molecule has 3 rings (SSSR count). The van der Waals surface area contributed by atoms with Crippen LogP contribution in [0.1, 0.15) is 51.0 Å². The van der Waals surface area contributed by atoms with Gasteiger partial charge >= 0.3 is 0 Å². The molecule has 0 unspecified atom stereocenters. The van der Waals surface area contributed by atoms with Gasteiger partial charge < -0.3 is 14.9 Å². The molecule has 0 atom stereocenters. The number of aliphatic hydroxyl groups excluding tert-OH is 1. The number of rotatable bonds is 4. The van der Waals surface area contributed by atoms with Gasteiger partial charge in [-0.3, -0.25) is 19.4 Å². The predicted molar refractivity (Wildman–Crippen MR) is 128 cm³/mol. The highest BCUT2D eigenvalue weighted by Gasteiger charge is 2.24. The van der Waals surface area contributed by atoms with Crippen LogP contribution >= 0.6 is 0 Å². The van der Waals surface area contributed by atoms with E-state index in [-0.39, 0.29) is 18.4 Å². The molecule has 1 aromatic rings. The molecule has 0 aliphatic carbocycles. The molecule has 2 aliphatic heterocycles. The largest absolute Gasteiger partial charge is 0.395 e. The molecule has 2 aliphatic rings. The maximum atomic E-state index is 13.1. The third-order valence-corrected chi connectivity index (χ3v) is 6.66. The second kappa shape index (κ2) is 12.9. The van der Waals surface area contributed by atoms with E-state index in [4.69, 9.17) is 5.11 Å². The Balaban J connectivity index is 1.71. The quantitative estimate of drug-likeness (QED) is 0.772. The lowest BCUT2D eigenvalue weighted by Crippen LogP contribution is -2.51. The molecule has 32 heavy (non-hydrogen) atoms. The Morgan fingerprint density at radius 2 is 1.50 bits per heavy atom. The number of nitrogens with zero attached hydrogens (tertiary/aromatic N) is 4. The second-order valence-electron chi connectivity index (χ2n) is 9.08. The van der Waals surface area contributed by atoms with Crippen LogP contribution in [0.25, 0.3) is 0 Å². The predicted octanol–water partition coefficient (Wildman–Crippen LogP) is 2.33. The minimum Gasteiger partial charge on any atom is -0.395 e. The van der Waals surface area contributed by atoms with Gasteiger partial charge in [-0.2, -0.15) is 0 Å². The van der Waals surface area contributed by atoms with Gasteiger partial charge in [-0.15, -0.1) is 0 Å². The third kappa shape index (κ3) is 7.29. The van der Waals surface area contributed by atoms with E-state index in [9.17, 15) is 9.59 Å². The number of hydrogen-bond donors (Lipinski definition) is 1. The molecule has 1 saturated heterocycles. The number of β-amino-alcohol motifs (C(OH)–C–C–N with tert-alkyl or cyclic N) is 1. The fourth-order valence-electron chi connectivity index (χ4n) is 4.78. The number of hydrogen-bond acceptors (Lipinski definition) is 5. The molecular formula is C25H40N4O3. The van der Waals surface area contributed by atoms with Crippen molar-refractivity contribution in [2.75, 3.05) is 63.9 Å². The van der Waals surface area contributed by atoms with Crippen LogP contribution < -0.4 is 4.90 Å². The van der Waals surface area contributed by atoms with E-state index in [2.05, 4.69) is 15.9 Å². The van der Waals surface area contributed by atoms with Crippen molar-refractivity contribution in [3.63, 3.8) is 0 Å². The number of amides is 2. The minimum atomic E-state index is 0.0794. The van der Waals surface area contributed by atoms with E-state index >= 15 is 0 Å². The van der Waals surface area contributed by atoms with Crippen molar-refractivity contribution in [1.82, 2.24) is 14.7 Å². The summed E-state index contributed by atoms with van der Waals surface area (Å²) in [7, 11) is 0. The van der Waals surface area contributed by atoms with E-state index in [1.54, 1.807) is 6.92 Å². The van der Waals surface area contributed by atoms with Gasteiger partial charge in [0.05, 0.1) is 13.2 Å². The zero-order chi connectivity index (χ0) is 22.8. The standard InChI is InChI=1S/C25H40N4O3/c1-22(31)29-13-9-5-3-2-4-8-12-27(20-23-10-6-7-11-24(23)29)21-25(32)28-16-14-26(15-17-28)18-19-30/h6-7,10-11,30H,2-5,8-9,12-21H2,1H3. The number of anilines is 1. The van der Waals surface area contributed by atoms with Crippen LogP contribution in [0.5, 0.6) is 0 Å². The highest BCUT2D eigenvalue weighted by atomic mass is 16.3. The van der Waals surface area contributed by atoms with Crippen LogP contribution in [-0.2, 0) is 16.1 Å². The molecule has 7 heteroatoms. The molecule has 1 aromatic carbocycles. The third-order valence-electron chi connectivity index (χ3n) is 6.66. The smallest absolute Gasteiger partial charge is 0.236 e. The Kier molecular flexibility index (Phi) is 9.96. The van der Waals surface area contributed by atoms with Gasteiger partial charge in [-0.05, 0) is 31.0 Å². The van der Waals surface area contributed by atoms with Crippen molar-refractivity contribution in [2.45, 2.75) is 52.0 Å².